The van der Waals surface area contributed by atoms with E-state index >= 15 is 0 Å². The number of anilines is 1. The van der Waals surface area contributed by atoms with Crippen molar-refractivity contribution >= 4 is 49.4 Å². The van der Waals surface area contributed by atoms with Crippen LogP contribution in [-0.4, -0.2) is 23.8 Å². The number of rotatable bonds is 5. The molecule has 0 aliphatic carbocycles. The Labute approximate surface area is 151 Å². The number of methoxy groups -OCH3 is 1. The zero-order valence-electron chi connectivity index (χ0n) is 12.3. The molecule has 0 bridgehead atoms. The smallest absolute Gasteiger partial charge is 0.337 e. The third-order valence-corrected chi connectivity index (χ3v) is 5.91. The summed E-state index contributed by atoms with van der Waals surface area (Å²) in [6.07, 6.45) is 0. The lowest BCUT2D eigenvalue weighted by atomic mass is 10.1. The van der Waals surface area contributed by atoms with Gasteiger partial charge in [-0.15, -0.1) is 0 Å². The summed E-state index contributed by atoms with van der Waals surface area (Å²) in [5.74, 6) is -0.590. The quantitative estimate of drug-likeness (QED) is 0.556. The Kier molecular flexibility index (Phi) is 6.36. The van der Waals surface area contributed by atoms with Crippen LogP contribution in [0.5, 0.6) is 0 Å². The van der Waals surface area contributed by atoms with Gasteiger partial charge in [0.2, 0.25) is 5.91 Å². The number of amides is 1. The number of carbonyl (C=O) groups excluding carboxylic acids is 2. The summed E-state index contributed by atoms with van der Waals surface area (Å²) in [4.78, 5) is 23.1. The summed E-state index contributed by atoms with van der Waals surface area (Å²) >= 11 is 6.96. The van der Waals surface area contributed by atoms with Gasteiger partial charge < -0.3 is 10.1 Å². The van der Waals surface area contributed by atoms with Crippen LogP contribution in [0.4, 0.5) is 5.69 Å². The normalized spacial score (nSPS) is 13.0. The summed E-state index contributed by atoms with van der Waals surface area (Å²) in [6.45, 7) is 0. The van der Waals surface area contributed by atoms with Crippen LogP contribution in [0.15, 0.2) is 54.6 Å². The van der Waals surface area contributed by atoms with Gasteiger partial charge in [-0.25, -0.2) is 4.79 Å². The van der Waals surface area contributed by atoms with E-state index in [1.54, 1.807) is 24.3 Å². The molecule has 0 radical (unpaired) electrons. The number of halogens is 2. The molecule has 0 saturated heterocycles. The molecule has 120 valence electrons. The SMILES string of the molecule is COC(=O)c1ccc(NC(=O)[C@H](Br)[C@@H](Br)c2ccccc2)cc1. The van der Waals surface area contributed by atoms with E-state index in [2.05, 4.69) is 41.9 Å². The minimum Gasteiger partial charge on any atom is -0.465 e. The third kappa shape index (κ3) is 4.65. The number of esters is 1. The van der Waals surface area contributed by atoms with Crippen LogP contribution in [0, 0.1) is 0 Å². The van der Waals surface area contributed by atoms with Crippen molar-refractivity contribution in [3.63, 3.8) is 0 Å². The Balaban J connectivity index is 2.02. The number of benzene rings is 2. The van der Waals surface area contributed by atoms with Crippen molar-refractivity contribution in [1.82, 2.24) is 0 Å². The predicted octanol–water partition coefficient (Wildman–Crippen LogP) is 4.31. The molecule has 0 unspecified atom stereocenters. The number of carbonyl (C=O) groups is 2. The maximum Gasteiger partial charge on any atom is 0.337 e. The van der Waals surface area contributed by atoms with E-state index in [4.69, 9.17) is 0 Å². The first-order valence-corrected chi connectivity index (χ1v) is 8.68. The van der Waals surface area contributed by atoms with E-state index in [1.165, 1.54) is 7.11 Å². The molecule has 0 fully saturated rings. The van der Waals surface area contributed by atoms with Crippen LogP contribution < -0.4 is 5.32 Å². The molecule has 2 aromatic carbocycles. The van der Waals surface area contributed by atoms with E-state index in [9.17, 15) is 9.59 Å². The Hall–Kier alpha value is -1.66. The number of hydrogen-bond donors (Lipinski definition) is 1. The molecule has 2 aromatic rings. The van der Waals surface area contributed by atoms with Crippen LogP contribution in [-0.2, 0) is 9.53 Å². The van der Waals surface area contributed by atoms with Crippen molar-refractivity contribution in [2.45, 2.75) is 9.65 Å². The van der Waals surface area contributed by atoms with Crippen molar-refractivity contribution < 1.29 is 14.3 Å². The second-order valence-corrected chi connectivity index (χ2v) is 6.75. The Morgan fingerprint density at radius 3 is 2.17 bits per heavy atom. The first kappa shape index (κ1) is 17.7. The molecule has 1 amide bonds. The van der Waals surface area contributed by atoms with Crippen molar-refractivity contribution in [2.24, 2.45) is 0 Å². The lowest BCUT2D eigenvalue weighted by molar-refractivity contribution is -0.115. The van der Waals surface area contributed by atoms with Crippen molar-refractivity contribution in [1.29, 1.82) is 0 Å². The van der Waals surface area contributed by atoms with Crippen LogP contribution in [0.2, 0.25) is 0 Å². The third-order valence-electron chi connectivity index (χ3n) is 3.20. The molecule has 0 aromatic heterocycles. The van der Waals surface area contributed by atoms with Crippen LogP contribution in [0.3, 0.4) is 0 Å². The van der Waals surface area contributed by atoms with Gasteiger partial charge in [-0.2, -0.15) is 0 Å². The lowest BCUT2D eigenvalue weighted by Crippen LogP contribution is -2.26. The van der Waals surface area contributed by atoms with Crippen molar-refractivity contribution in [2.75, 3.05) is 12.4 Å². The monoisotopic (exact) mass is 439 g/mol. The van der Waals surface area contributed by atoms with Gasteiger partial charge in [-0.1, -0.05) is 62.2 Å². The highest BCUT2D eigenvalue weighted by atomic mass is 79.9. The highest BCUT2D eigenvalue weighted by Crippen LogP contribution is 2.31. The highest BCUT2D eigenvalue weighted by molar-refractivity contribution is 9.12. The molecule has 0 aliphatic rings. The van der Waals surface area contributed by atoms with Gasteiger partial charge in [0.05, 0.1) is 17.5 Å². The van der Waals surface area contributed by atoms with E-state index in [0.29, 0.717) is 11.3 Å². The number of hydrogen-bond acceptors (Lipinski definition) is 3. The fourth-order valence-electron chi connectivity index (χ4n) is 1.96. The summed E-state index contributed by atoms with van der Waals surface area (Å²) in [7, 11) is 1.33. The van der Waals surface area contributed by atoms with Gasteiger partial charge >= 0.3 is 5.97 Å². The summed E-state index contributed by atoms with van der Waals surface area (Å²) in [5, 5.41) is 2.81. The van der Waals surface area contributed by atoms with Gasteiger partial charge in [-0.3, -0.25) is 4.79 Å². The molecule has 2 atom stereocenters. The van der Waals surface area contributed by atoms with E-state index in [-0.39, 0.29) is 10.7 Å². The number of nitrogens with one attached hydrogen (secondary N) is 1. The molecular formula is C17H15Br2NO3. The Morgan fingerprint density at radius 1 is 1.00 bits per heavy atom. The van der Waals surface area contributed by atoms with Crippen LogP contribution in [0.1, 0.15) is 20.7 Å². The van der Waals surface area contributed by atoms with Crippen LogP contribution in [0.25, 0.3) is 0 Å². The molecule has 4 nitrogen and oxygen atoms in total. The first-order chi connectivity index (χ1) is 11.0. The average Bonchev–Trinajstić information content (AvgIpc) is 2.61. The minimum absolute atomic E-state index is 0.155. The number of alkyl halides is 2. The maximum absolute atomic E-state index is 12.3. The first-order valence-electron chi connectivity index (χ1n) is 6.85. The zero-order chi connectivity index (χ0) is 16.8. The van der Waals surface area contributed by atoms with E-state index in [0.717, 1.165) is 5.56 Å². The molecule has 0 heterocycles. The second kappa shape index (κ2) is 8.26. The molecule has 2 rings (SSSR count). The Bertz CT molecular complexity index is 674. The van der Waals surface area contributed by atoms with Gasteiger partial charge in [0, 0.05) is 5.69 Å². The Morgan fingerprint density at radius 2 is 1.61 bits per heavy atom. The summed E-state index contributed by atoms with van der Waals surface area (Å²) in [6, 6.07) is 16.2. The highest BCUT2D eigenvalue weighted by Gasteiger charge is 2.25. The molecular weight excluding hydrogens is 426 g/mol. The fourth-order valence-corrected chi connectivity index (χ4v) is 2.92. The van der Waals surface area contributed by atoms with Crippen LogP contribution >= 0.6 is 31.9 Å². The minimum atomic E-state index is -0.440. The molecule has 0 saturated carbocycles. The second-order valence-electron chi connectivity index (χ2n) is 4.77. The summed E-state index contributed by atoms with van der Waals surface area (Å²) < 4.78 is 4.64. The van der Waals surface area contributed by atoms with Gasteiger partial charge in [0.15, 0.2) is 0 Å². The molecule has 0 spiro atoms. The van der Waals surface area contributed by atoms with Crippen molar-refractivity contribution in [3.8, 4) is 0 Å². The van der Waals surface area contributed by atoms with Gasteiger partial charge in [-0.05, 0) is 29.8 Å². The topological polar surface area (TPSA) is 55.4 Å². The average molecular weight is 441 g/mol. The maximum atomic E-state index is 12.3. The summed E-state index contributed by atoms with van der Waals surface area (Å²) in [5.41, 5.74) is 2.05. The largest absolute Gasteiger partial charge is 0.465 e. The van der Waals surface area contributed by atoms with Crippen molar-refractivity contribution in [3.05, 3.63) is 65.7 Å². The zero-order valence-corrected chi connectivity index (χ0v) is 15.5. The predicted molar refractivity (Wildman–Crippen MR) is 97.2 cm³/mol. The molecule has 0 aliphatic heterocycles. The van der Waals surface area contributed by atoms with E-state index < -0.39 is 10.8 Å². The molecule has 23 heavy (non-hydrogen) atoms. The lowest BCUT2D eigenvalue weighted by Gasteiger charge is -2.17. The van der Waals surface area contributed by atoms with Gasteiger partial charge in [0.25, 0.3) is 0 Å². The fraction of sp³-hybridized carbons (Fsp3) is 0.176. The molecule has 6 heteroatoms. The number of ether oxygens (including phenoxy) is 1. The van der Waals surface area contributed by atoms with Gasteiger partial charge in [0.1, 0.15) is 4.83 Å². The standard InChI is InChI=1S/C17H15Br2NO3/c1-23-17(22)12-7-9-13(10-8-12)20-16(21)15(19)14(18)11-5-3-2-4-6-11/h2-10,14-15H,1H3,(H,20,21)/t14-,15+/m0/s1. The van der Waals surface area contributed by atoms with E-state index in [1.807, 2.05) is 30.3 Å². The molecule has 1 N–H and O–H groups in total.